The van der Waals surface area contributed by atoms with E-state index in [1.807, 2.05) is 0 Å². The Hall–Kier alpha value is -0.190. The third-order valence-electron chi connectivity index (χ3n) is 0.717. The quantitative estimate of drug-likeness (QED) is 0.750. The van der Waals surface area contributed by atoms with Gasteiger partial charge in [0.05, 0.1) is 0 Å². The van der Waals surface area contributed by atoms with Gasteiger partial charge in [-0.05, 0) is 23.1 Å². The molecule has 0 aliphatic heterocycles. The van der Waals surface area contributed by atoms with E-state index < -0.39 is 0 Å². The van der Waals surface area contributed by atoms with E-state index in [0.717, 1.165) is 0 Å². The average molecular weight is 209 g/mol. The lowest BCUT2D eigenvalue weighted by Gasteiger charge is -1.86. The SMILES string of the molecule is CCC.COCc1nsc(Cl)n1. The molecule has 0 saturated heterocycles. The van der Waals surface area contributed by atoms with E-state index in [1.165, 1.54) is 18.0 Å². The van der Waals surface area contributed by atoms with Crippen molar-refractivity contribution in [2.24, 2.45) is 0 Å². The van der Waals surface area contributed by atoms with E-state index in [2.05, 4.69) is 23.2 Å². The van der Waals surface area contributed by atoms with Crippen molar-refractivity contribution in [1.82, 2.24) is 9.36 Å². The van der Waals surface area contributed by atoms with Crippen LogP contribution in [0.2, 0.25) is 4.47 Å². The van der Waals surface area contributed by atoms with Crippen LogP contribution in [-0.2, 0) is 11.3 Å². The molecule has 0 aliphatic rings. The van der Waals surface area contributed by atoms with Crippen molar-refractivity contribution < 1.29 is 4.74 Å². The van der Waals surface area contributed by atoms with Gasteiger partial charge in [0.25, 0.3) is 0 Å². The van der Waals surface area contributed by atoms with Gasteiger partial charge in [-0.2, -0.15) is 4.37 Å². The maximum absolute atomic E-state index is 5.49. The summed E-state index contributed by atoms with van der Waals surface area (Å²) in [5.41, 5.74) is 0. The van der Waals surface area contributed by atoms with E-state index in [0.29, 0.717) is 16.9 Å². The second-order valence-electron chi connectivity index (χ2n) is 2.10. The lowest BCUT2D eigenvalue weighted by molar-refractivity contribution is 0.179. The summed E-state index contributed by atoms with van der Waals surface area (Å²) in [5, 5.41) is 0. The van der Waals surface area contributed by atoms with E-state index >= 15 is 0 Å². The van der Waals surface area contributed by atoms with Crippen molar-refractivity contribution in [3.8, 4) is 0 Å². The van der Waals surface area contributed by atoms with Crippen LogP contribution < -0.4 is 0 Å². The molecule has 0 amide bonds. The number of methoxy groups -OCH3 is 1. The molecule has 3 nitrogen and oxygen atoms in total. The van der Waals surface area contributed by atoms with Crippen LogP contribution in [0, 0.1) is 0 Å². The fourth-order valence-corrected chi connectivity index (χ4v) is 1.04. The van der Waals surface area contributed by atoms with Gasteiger partial charge in [-0.3, -0.25) is 0 Å². The van der Waals surface area contributed by atoms with Gasteiger partial charge in [0, 0.05) is 7.11 Å². The summed E-state index contributed by atoms with van der Waals surface area (Å²) in [5.74, 6) is 0.646. The van der Waals surface area contributed by atoms with Crippen molar-refractivity contribution in [1.29, 1.82) is 0 Å². The maximum Gasteiger partial charge on any atom is 0.203 e. The molecule has 0 aromatic carbocycles. The Morgan fingerprint density at radius 2 is 2.08 bits per heavy atom. The van der Waals surface area contributed by atoms with E-state index in [9.17, 15) is 0 Å². The molecule has 12 heavy (non-hydrogen) atoms. The average Bonchev–Trinajstić information content (AvgIpc) is 2.38. The Bertz CT molecular complexity index is 205. The summed E-state index contributed by atoms with van der Waals surface area (Å²) < 4.78 is 9.10. The second-order valence-corrected chi connectivity index (χ2v) is 3.44. The smallest absolute Gasteiger partial charge is 0.203 e. The van der Waals surface area contributed by atoms with E-state index in [1.54, 1.807) is 7.11 Å². The van der Waals surface area contributed by atoms with Gasteiger partial charge in [-0.15, -0.1) is 0 Å². The van der Waals surface area contributed by atoms with Crippen molar-refractivity contribution in [2.75, 3.05) is 7.11 Å². The van der Waals surface area contributed by atoms with Crippen LogP contribution in [0.3, 0.4) is 0 Å². The van der Waals surface area contributed by atoms with Crippen LogP contribution in [0.25, 0.3) is 0 Å². The summed E-state index contributed by atoms with van der Waals surface area (Å²) in [6.45, 7) is 4.68. The lowest BCUT2D eigenvalue weighted by Crippen LogP contribution is -1.88. The third-order valence-corrected chi connectivity index (χ3v) is 1.55. The molecule has 0 unspecified atom stereocenters. The highest BCUT2D eigenvalue weighted by atomic mass is 35.5. The normalized spacial score (nSPS) is 9.00. The number of halogens is 1. The van der Waals surface area contributed by atoms with Gasteiger partial charge >= 0.3 is 0 Å². The number of aromatic nitrogens is 2. The molecule has 1 rings (SSSR count). The van der Waals surface area contributed by atoms with E-state index in [-0.39, 0.29) is 0 Å². The van der Waals surface area contributed by atoms with Crippen LogP contribution >= 0.6 is 23.1 Å². The number of hydrogen-bond acceptors (Lipinski definition) is 4. The number of nitrogens with zero attached hydrogens (tertiary/aromatic N) is 2. The number of hydrogen-bond donors (Lipinski definition) is 0. The second kappa shape index (κ2) is 7.46. The molecular formula is C7H13ClN2OS. The molecule has 0 spiro atoms. The first kappa shape index (κ1) is 11.8. The molecule has 1 aromatic heterocycles. The number of rotatable bonds is 2. The minimum atomic E-state index is 0.434. The fourth-order valence-electron chi connectivity index (χ4n) is 0.420. The first-order valence-corrected chi connectivity index (χ1v) is 4.86. The topological polar surface area (TPSA) is 35.0 Å². The van der Waals surface area contributed by atoms with Crippen molar-refractivity contribution in [2.45, 2.75) is 26.9 Å². The molecule has 0 radical (unpaired) electrons. The summed E-state index contributed by atoms with van der Waals surface area (Å²) in [6, 6.07) is 0. The third kappa shape index (κ3) is 5.46. The van der Waals surface area contributed by atoms with Gasteiger partial charge in [-0.25, -0.2) is 4.98 Å². The van der Waals surface area contributed by atoms with Crippen LogP contribution in [0.1, 0.15) is 26.1 Å². The Labute approximate surface area is 81.9 Å². The summed E-state index contributed by atoms with van der Waals surface area (Å²) in [6.07, 6.45) is 1.25. The molecular weight excluding hydrogens is 196 g/mol. The van der Waals surface area contributed by atoms with Crippen LogP contribution in [-0.4, -0.2) is 16.5 Å². The van der Waals surface area contributed by atoms with Gasteiger partial charge < -0.3 is 4.74 Å². The molecule has 1 aromatic rings. The van der Waals surface area contributed by atoms with Gasteiger partial charge in [0.15, 0.2) is 5.82 Å². The predicted octanol–water partition coefficient (Wildman–Crippen LogP) is 2.75. The molecule has 0 atom stereocenters. The largest absolute Gasteiger partial charge is 0.377 e. The molecule has 70 valence electrons. The Morgan fingerprint density at radius 1 is 1.50 bits per heavy atom. The Kier molecular flexibility index (Phi) is 7.34. The predicted molar refractivity (Wildman–Crippen MR) is 51.6 cm³/mol. The standard InChI is InChI=1S/C4H5ClN2OS.C3H8/c1-8-2-3-6-4(5)9-7-3;1-3-2/h2H2,1H3;3H2,1-2H3. The van der Waals surface area contributed by atoms with Crippen LogP contribution in [0.5, 0.6) is 0 Å². The zero-order valence-electron chi connectivity index (χ0n) is 7.50. The monoisotopic (exact) mass is 208 g/mol. The fraction of sp³-hybridized carbons (Fsp3) is 0.714. The van der Waals surface area contributed by atoms with Crippen molar-refractivity contribution in [3.05, 3.63) is 10.3 Å². The van der Waals surface area contributed by atoms with E-state index in [4.69, 9.17) is 16.3 Å². The first-order chi connectivity index (χ1) is 5.74. The summed E-state index contributed by atoms with van der Waals surface area (Å²) in [4.78, 5) is 3.85. The molecule has 0 bridgehead atoms. The highest BCUT2D eigenvalue weighted by Crippen LogP contribution is 2.10. The van der Waals surface area contributed by atoms with Crippen molar-refractivity contribution in [3.63, 3.8) is 0 Å². The minimum Gasteiger partial charge on any atom is -0.377 e. The minimum absolute atomic E-state index is 0.434. The van der Waals surface area contributed by atoms with Gasteiger partial charge in [-0.1, -0.05) is 20.3 Å². The molecule has 0 saturated carbocycles. The first-order valence-electron chi connectivity index (χ1n) is 3.71. The molecule has 0 aliphatic carbocycles. The van der Waals surface area contributed by atoms with Crippen molar-refractivity contribution >= 4 is 23.1 Å². The Morgan fingerprint density at radius 3 is 2.42 bits per heavy atom. The zero-order chi connectivity index (χ0) is 9.40. The molecule has 5 heteroatoms. The Balaban J connectivity index is 0.000000354. The summed E-state index contributed by atoms with van der Waals surface area (Å²) in [7, 11) is 1.59. The maximum atomic E-state index is 5.49. The summed E-state index contributed by atoms with van der Waals surface area (Å²) >= 11 is 6.65. The van der Waals surface area contributed by atoms with Gasteiger partial charge in [0.2, 0.25) is 4.47 Å². The van der Waals surface area contributed by atoms with Crippen LogP contribution in [0.15, 0.2) is 0 Å². The molecule has 1 heterocycles. The highest BCUT2D eigenvalue weighted by Gasteiger charge is 1.98. The highest BCUT2D eigenvalue weighted by molar-refractivity contribution is 7.10. The molecule has 0 fully saturated rings. The van der Waals surface area contributed by atoms with Gasteiger partial charge in [0.1, 0.15) is 6.61 Å². The van der Waals surface area contributed by atoms with Crippen LogP contribution in [0.4, 0.5) is 0 Å². The molecule has 0 N–H and O–H groups in total. The lowest BCUT2D eigenvalue weighted by atomic mass is 10.6. The number of ether oxygens (including phenoxy) is 1. The zero-order valence-corrected chi connectivity index (χ0v) is 9.08.